The first-order valence-corrected chi connectivity index (χ1v) is 9.01. The van der Waals surface area contributed by atoms with Crippen LogP contribution in [0.2, 0.25) is 0 Å². The number of aliphatic hydroxyl groups is 2. The molecule has 0 aliphatic carbocycles. The van der Waals surface area contributed by atoms with E-state index >= 15 is 0 Å². The molecule has 0 saturated carbocycles. The van der Waals surface area contributed by atoms with Crippen LogP contribution in [-0.2, 0) is 6.42 Å². The number of aromatic hydroxyl groups is 1. The molecule has 2 unspecified atom stereocenters. The van der Waals surface area contributed by atoms with Crippen molar-refractivity contribution < 1.29 is 15.3 Å². The van der Waals surface area contributed by atoms with Gasteiger partial charge in [-0.2, -0.15) is 0 Å². The van der Waals surface area contributed by atoms with Gasteiger partial charge in [-0.25, -0.2) is 0 Å². The van der Waals surface area contributed by atoms with Crippen molar-refractivity contribution in [3.8, 4) is 5.75 Å². The molecule has 26 heavy (non-hydrogen) atoms. The zero-order valence-corrected chi connectivity index (χ0v) is 15.7. The summed E-state index contributed by atoms with van der Waals surface area (Å²) in [4.78, 5) is 0. The molecule has 1 heterocycles. The lowest BCUT2D eigenvalue weighted by Gasteiger charge is -2.38. The highest BCUT2D eigenvalue weighted by atomic mass is 35.5. The van der Waals surface area contributed by atoms with Crippen molar-refractivity contribution >= 4 is 12.4 Å². The van der Waals surface area contributed by atoms with Gasteiger partial charge >= 0.3 is 0 Å². The van der Waals surface area contributed by atoms with Crippen LogP contribution < -0.4 is 5.32 Å². The van der Waals surface area contributed by atoms with Crippen molar-refractivity contribution in [1.82, 2.24) is 5.32 Å². The summed E-state index contributed by atoms with van der Waals surface area (Å²) in [6.45, 7) is 1.46. The highest BCUT2D eigenvalue weighted by molar-refractivity contribution is 5.85. The Morgan fingerprint density at radius 3 is 2.19 bits per heavy atom. The fourth-order valence-electron chi connectivity index (χ4n) is 3.66. The monoisotopic (exact) mass is 377 g/mol. The first-order chi connectivity index (χ1) is 12.1. The molecule has 4 N–H and O–H groups in total. The molecule has 1 aliphatic heterocycles. The number of halogens is 1. The number of benzene rings is 2. The van der Waals surface area contributed by atoms with Crippen LogP contribution in [0.3, 0.4) is 0 Å². The van der Waals surface area contributed by atoms with Gasteiger partial charge in [-0.05, 0) is 68.0 Å². The van der Waals surface area contributed by atoms with Gasteiger partial charge in [0.15, 0.2) is 0 Å². The van der Waals surface area contributed by atoms with Crippen LogP contribution in [0.5, 0.6) is 5.75 Å². The summed E-state index contributed by atoms with van der Waals surface area (Å²) in [5, 5.41) is 34.4. The first kappa shape index (κ1) is 20.7. The second-order valence-electron chi connectivity index (χ2n) is 7.08. The second-order valence-corrected chi connectivity index (χ2v) is 7.08. The van der Waals surface area contributed by atoms with Crippen LogP contribution in [0.4, 0.5) is 0 Å². The van der Waals surface area contributed by atoms with E-state index in [9.17, 15) is 15.3 Å². The Kier molecular flexibility index (Phi) is 7.47. The van der Waals surface area contributed by atoms with Gasteiger partial charge in [-0.15, -0.1) is 12.4 Å². The molecule has 2 aromatic carbocycles. The van der Waals surface area contributed by atoms with Gasteiger partial charge in [-0.3, -0.25) is 0 Å². The fraction of sp³-hybridized carbons (Fsp3) is 0.429. The first-order valence-electron chi connectivity index (χ1n) is 9.01. The predicted octanol–water partition coefficient (Wildman–Crippen LogP) is 3.01. The van der Waals surface area contributed by atoms with Gasteiger partial charge < -0.3 is 20.6 Å². The van der Waals surface area contributed by atoms with Gasteiger partial charge in [0.1, 0.15) is 5.75 Å². The number of phenols is 1. The van der Waals surface area contributed by atoms with Gasteiger partial charge in [0.25, 0.3) is 0 Å². The minimum atomic E-state index is -1.02. The standard InChI is InChI=1S/C21H27NO3.ClH/c23-19-8-6-17(7-9-19)18(14-16-4-2-1-3-5-16)15-20(24)21(25)10-12-22-13-11-21;/h1-9,18,20,22-25H,10-15H2;1H. The van der Waals surface area contributed by atoms with E-state index in [0.717, 1.165) is 25.1 Å². The lowest BCUT2D eigenvalue weighted by atomic mass is 9.79. The largest absolute Gasteiger partial charge is 0.508 e. The molecule has 4 nitrogen and oxygen atoms in total. The number of rotatable bonds is 6. The third-order valence-corrected chi connectivity index (χ3v) is 5.29. The maximum absolute atomic E-state index is 10.8. The van der Waals surface area contributed by atoms with Crippen LogP contribution in [0, 0.1) is 0 Å². The molecule has 0 radical (unpaired) electrons. The third kappa shape index (κ3) is 5.21. The second kappa shape index (κ2) is 9.38. The van der Waals surface area contributed by atoms with Gasteiger partial charge in [0.05, 0.1) is 11.7 Å². The highest BCUT2D eigenvalue weighted by Crippen LogP contribution is 2.33. The van der Waals surface area contributed by atoms with Crippen LogP contribution in [-0.4, -0.2) is 40.1 Å². The van der Waals surface area contributed by atoms with Crippen molar-refractivity contribution in [2.45, 2.75) is 43.3 Å². The van der Waals surface area contributed by atoms with Crippen molar-refractivity contribution in [3.05, 3.63) is 65.7 Å². The number of aliphatic hydroxyl groups excluding tert-OH is 1. The quantitative estimate of drug-likeness (QED) is 0.624. The lowest BCUT2D eigenvalue weighted by molar-refractivity contribution is -0.0976. The summed E-state index contributed by atoms with van der Waals surface area (Å²) < 4.78 is 0. The molecule has 1 fully saturated rings. The molecular formula is C21H28ClNO3. The van der Waals surface area contributed by atoms with E-state index in [-0.39, 0.29) is 24.1 Å². The van der Waals surface area contributed by atoms with Crippen LogP contribution in [0.25, 0.3) is 0 Å². The number of piperidine rings is 1. The minimum absolute atomic E-state index is 0. The molecule has 142 valence electrons. The molecule has 0 spiro atoms. The Morgan fingerprint density at radius 1 is 0.962 bits per heavy atom. The molecule has 3 rings (SSSR count). The average Bonchev–Trinajstić information content (AvgIpc) is 2.63. The van der Waals surface area contributed by atoms with Crippen LogP contribution in [0.1, 0.15) is 36.3 Å². The zero-order chi connectivity index (χ0) is 17.7. The van der Waals surface area contributed by atoms with Crippen molar-refractivity contribution in [2.75, 3.05) is 13.1 Å². The molecule has 0 amide bonds. The maximum Gasteiger partial charge on any atom is 0.115 e. The Hall–Kier alpha value is -1.59. The van der Waals surface area contributed by atoms with Crippen molar-refractivity contribution in [2.24, 2.45) is 0 Å². The predicted molar refractivity (Wildman–Crippen MR) is 106 cm³/mol. The number of phenolic OH excluding ortho intramolecular Hbond substituents is 1. The van der Waals surface area contributed by atoms with E-state index in [1.165, 1.54) is 5.56 Å². The molecule has 2 atom stereocenters. The molecular weight excluding hydrogens is 350 g/mol. The Balaban J connectivity index is 0.00000243. The lowest BCUT2D eigenvalue weighted by Crippen LogP contribution is -2.50. The molecule has 5 heteroatoms. The molecule has 1 saturated heterocycles. The molecule has 0 aromatic heterocycles. The van der Waals surface area contributed by atoms with E-state index in [1.54, 1.807) is 12.1 Å². The van der Waals surface area contributed by atoms with E-state index in [2.05, 4.69) is 17.4 Å². The SMILES string of the molecule is Cl.Oc1ccc(C(Cc2ccccc2)CC(O)C2(O)CCNCC2)cc1. The van der Waals surface area contributed by atoms with Gasteiger partial charge in [-0.1, -0.05) is 42.5 Å². The topological polar surface area (TPSA) is 72.7 Å². The molecule has 1 aliphatic rings. The number of hydrogen-bond donors (Lipinski definition) is 4. The highest BCUT2D eigenvalue weighted by Gasteiger charge is 2.38. The fourth-order valence-corrected chi connectivity index (χ4v) is 3.66. The van der Waals surface area contributed by atoms with E-state index < -0.39 is 11.7 Å². The van der Waals surface area contributed by atoms with E-state index in [1.807, 2.05) is 30.3 Å². The average molecular weight is 378 g/mol. The molecule has 2 aromatic rings. The van der Waals surface area contributed by atoms with E-state index in [0.29, 0.717) is 19.3 Å². The van der Waals surface area contributed by atoms with Crippen LogP contribution >= 0.6 is 12.4 Å². The van der Waals surface area contributed by atoms with Crippen molar-refractivity contribution in [1.29, 1.82) is 0 Å². The van der Waals surface area contributed by atoms with E-state index in [4.69, 9.17) is 0 Å². The Labute approximate surface area is 161 Å². The molecule has 0 bridgehead atoms. The smallest absolute Gasteiger partial charge is 0.115 e. The number of nitrogens with one attached hydrogen (secondary N) is 1. The summed E-state index contributed by atoms with van der Waals surface area (Å²) >= 11 is 0. The summed E-state index contributed by atoms with van der Waals surface area (Å²) in [6, 6.07) is 17.4. The van der Waals surface area contributed by atoms with Gasteiger partial charge in [0.2, 0.25) is 0 Å². The third-order valence-electron chi connectivity index (χ3n) is 5.29. The summed E-state index contributed by atoms with van der Waals surface area (Å²) in [6.07, 6.45) is 1.66. The number of hydrogen-bond acceptors (Lipinski definition) is 4. The Bertz CT molecular complexity index is 657. The summed E-state index contributed by atoms with van der Waals surface area (Å²) in [7, 11) is 0. The summed E-state index contributed by atoms with van der Waals surface area (Å²) in [5.41, 5.74) is 1.25. The normalized spacial score (nSPS) is 18.5. The summed E-state index contributed by atoms with van der Waals surface area (Å²) in [5.74, 6) is 0.316. The Morgan fingerprint density at radius 2 is 1.58 bits per heavy atom. The van der Waals surface area contributed by atoms with Crippen LogP contribution in [0.15, 0.2) is 54.6 Å². The minimum Gasteiger partial charge on any atom is -0.508 e. The van der Waals surface area contributed by atoms with Gasteiger partial charge in [0, 0.05) is 0 Å². The maximum atomic E-state index is 10.8. The zero-order valence-electron chi connectivity index (χ0n) is 14.8. The van der Waals surface area contributed by atoms with Crippen molar-refractivity contribution in [3.63, 3.8) is 0 Å².